The molecule has 2 aliphatic rings. The van der Waals surface area contributed by atoms with Crippen molar-refractivity contribution in [2.75, 3.05) is 5.43 Å². The van der Waals surface area contributed by atoms with Gasteiger partial charge in [0.05, 0.1) is 16.1 Å². The van der Waals surface area contributed by atoms with E-state index in [1.54, 1.807) is 12.1 Å². The summed E-state index contributed by atoms with van der Waals surface area (Å²) < 4.78 is 64.8. The minimum Gasteiger partial charge on any atom is -0.299 e. The Hall–Kier alpha value is -2.59. The Bertz CT molecular complexity index is 1030. The van der Waals surface area contributed by atoms with Crippen LogP contribution in [0.2, 0.25) is 0 Å². The molecule has 160 valence electrons. The molecule has 0 spiro atoms. The van der Waals surface area contributed by atoms with E-state index in [2.05, 4.69) is 15.6 Å². The predicted molar refractivity (Wildman–Crippen MR) is 104 cm³/mol. The Morgan fingerprint density at radius 2 is 1.60 bits per heavy atom. The normalized spacial score (nSPS) is 21.2. The third kappa shape index (κ3) is 4.76. The number of anilines is 1. The van der Waals surface area contributed by atoms with Crippen LogP contribution in [0.4, 0.5) is 18.9 Å². The molecule has 0 aromatic heterocycles. The van der Waals surface area contributed by atoms with E-state index in [0.717, 1.165) is 25.0 Å². The number of alkyl halides is 3. The number of nitrogens with one attached hydrogen (secondary N) is 3. The maximum absolute atomic E-state index is 12.6. The summed E-state index contributed by atoms with van der Waals surface area (Å²) >= 11 is 0. The Morgan fingerprint density at radius 3 is 2.17 bits per heavy atom. The fraction of sp³-hybridized carbons (Fsp3) is 0.350. The second kappa shape index (κ2) is 7.59. The molecular weight excluding hydrogens is 419 g/mol. The molecule has 2 aromatic rings. The van der Waals surface area contributed by atoms with Crippen LogP contribution in [0.3, 0.4) is 0 Å². The average molecular weight is 439 g/mol. The first kappa shape index (κ1) is 20.7. The third-order valence-electron chi connectivity index (χ3n) is 5.19. The first-order chi connectivity index (χ1) is 14.1. The van der Waals surface area contributed by atoms with Gasteiger partial charge < -0.3 is 0 Å². The van der Waals surface area contributed by atoms with Gasteiger partial charge in [0.2, 0.25) is 15.9 Å². The van der Waals surface area contributed by atoms with Crippen LogP contribution in [0.1, 0.15) is 36.3 Å². The number of sulfonamides is 1. The van der Waals surface area contributed by atoms with E-state index in [1.165, 1.54) is 24.3 Å². The van der Waals surface area contributed by atoms with E-state index in [9.17, 15) is 26.4 Å². The third-order valence-corrected chi connectivity index (χ3v) is 6.72. The number of halogens is 3. The topological polar surface area (TPSA) is 87.3 Å². The van der Waals surface area contributed by atoms with Crippen LogP contribution in [0.15, 0.2) is 53.4 Å². The molecule has 2 atom stereocenters. The van der Waals surface area contributed by atoms with Crippen LogP contribution >= 0.6 is 0 Å². The quantitative estimate of drug-likeness (QED) is 0.577. The van der Waals surface area contributed by atoms with Crippen molar-refractivity contribution in [1.29, 1.82) is 0 Å². The van der Waals surface area contributed by atoms with Gasteiger partial charge in [-0.1, -0.05) is 12.1 Å². The van der Waals surface area contributed by atoms with Crippen LogP contribution in [0.5, 0.6) is 0 Å². The molecule has 2 aromatic carbocycles. The van der Waals surface area contributed by atoms with Crippen LogP contribution in [-0.2, 0) is 21.0 Å². The zero-order valence-corrected chi connectivity index (χ0v) is 16.6. The summed E-state index contributed by atoms with van der Waals surface area (Å²) in [4.78, 5) is 12.4. The number of carbonyl (C=O) groups excluding carboxylic acids is 1. The van der Waals surface area contributed by atoms with Crippen LogP contribution < -0.4 is 15.6 Å². The number of rotatable bonds is 7. The zero-order valence-electron chi connectivity index (χ0n) is 15.7. The highest BCUT2D eigenvalue weighted by atomic mass is 32.2. The van der Waals surface area contributed by atoms with E-state index in [4.69, 9.17) is 0 Å². The van der Waals surface area contributed by atoms with Crippen molar-refractivity contribution in [3.8, 4) is 0 Å². The minimum atomic E-state index is -4.38. The van der Waals surface area contributed by atoms with Crippen molar-refractivity contribution < 1.29 is 26.4 Å². The monoisotopic (exact) mass is 439 g/mol. The first-order valence-corrected chi connectivity index (χ1v) is 11.0. The minimum absolute atomic E-state index is 0.0169. The molecule has 10 heteroatoms. The van der Waals surface area contributed by atoms with E-state index < -0.39 is 21.8 Å². The number of hydrogen-bond donors (Lipinski definition) is 3. The highest BCUT2D eigenvalue weighted by molar-refractivity contribution is 7.89. The van der Waals surface area contributed by atoms with Crippen molar-refractivity contribution in [3.05, 3.63) is 59.7 Å². The highest BCUT2D eigenvalue weighted by Crippen LogP contribution is 2.48. The molecule has 0 saturated heterocycles. The van der Waals surface area contributed by atoms with E-state index in [1.807, 2.05) is 0 Å². The molecule has 3 N–H and O–H groups in total. The molecule has 0 aliphatic heterocycles. The van der Waals surface area contributed by atoms with Crippen molar-refractivity contribution in [2.24, 2.45) is 5.92 Å². The van der Waals surface area contributed by atoms with Gasteiger partial charge in [0.25, 0.3) is 0 Å². The Kier molecular flexibility index (Phi) is 5.23. The summed E-state index contributed by atoms with van der Waals surface area (Å²) in [5.41, 5.74) is 5.79. The smallest absolute Gasteiger partial charge is 0.299 e. The lowest BCUT2D eigenvalue weighted by molar-refractivity contribution is -0.137. The van der Waals surface area contributed by atoms with Crippen molar-refractivity contribution in [3.63, 3.8) is 0 Å². The maximum Gasteiger partial charge on any atom is 0.416 e. The average Bonchev–Trinajstić information content (AvgIpc) is 3.61. The molecular formula is C20H20F3N3O3S. The van der Waals surface area contributed by atoms with Crippen molar-refractivity contribution >= 4 is 21.6 Å². The highest BCUT2D eigenvalue weighted by Gasteiger charge is 2.44. The largest absolute Gasteiger partial charge is 0.416 e. The predicted octanol–water partition coefficient (Wildman–Crippen LogP) is 3.39. The molecule has 4 rings (SSSR count). The van der Waals surface area contributed by atoms with Gasteiger partial charge in [-0.2, -0.15) is 13.2 Å². The molecule has 2 aliphatic carbocycles. The summed E-state index contributed by atoms with van der Waals surface area (Å²) in [5.74, 6) is -0.710. The van der Waals surface area contributed by atoms with Gasteiger partial charge >= 0.3 is 6.18 Å². The van der Waals surface area contributed by atoms with Gasteiger partial charge in [0.15, 0.2) is 0 Å². The van der Waals surface area contributed by atoms with Crippen LogP contribution in [0.25, 0.3) is 0 Å². The van der Waals surface area contributed by atoms with Gasteiger partial charge in [-0.25, -0.2) is 13.1 Å². The number of benzene rings is 2. The number of hydrogen-bond acceptors (Lipinski definition) is 4. The second-order valence-electron chi connectivity index (χ2n) is 7.60. The van der Waals surface area contributed by atoms with Crippen molar-refractivity contribution in [1.82, 2.24) is 10.1 Å². The molecule has 0 bridgehead atoms. The number of amides is 1. The molecule has 2 saturated carbocycles. The molecule has 6 nitrogen and oxygen atoms in total. The van der Waals surface area contributed by atoms with Gasteiger partial charge in [-0.05, 0) is 67.1 Å². The SMILES string of the molecule is O=C(NNc1ccc(S(=O)(=O)NC2CC2)cc1)C1CC1c1ccc(C(F)(F)F)cc1. The zero-order chi connectivity index (χ0) is 21.5. The lowest BCUT2D eigenvalue weighted by atomic mass is 10.1. The van der Waals surface area contributed by atoms with Crippen molar-refractivity contribution in [2.45, 2.75) is 42.3 Å². The Labute approximate surface area is 171 Å². The fourth-order valence-electron chi connectivity index (χ4n) is 3.20. The van der Waals surface area contributed by atoms with Gasteiger partial charge in [-0.3, -0.25) is 15.6 Å². The summed E-state index contributed by atoms with van der Waals surface area (Å²) in [6, 6.07) is 10.9. The molecule has 30 heavy (non-hydrogen) atoms. The number of hydrazine groups is 1. The van der Waals surface area contributed by atoms with E-state index in [0.29, 0.717) is 17.7 Å². The van der Waals surface area contributed by atoms with Crippen LogP contribution in [-0.4, -0.2) is 20.4 Å². The summed E-state index contributed by atoms with van der Waals surface area (Å²) in [6.07, 6.45) is -2.13. The van der Waals surface area contributed by atoms with Crippen LogP contribution in [0, 0.1) is 5.92 Å². The fourth-order valence-corrected chi connectivity index (χ4v) is 4.51. The number of carbonyl (C=O) groups is 1. The Morgan fingerprint density at radius 1 is 0.967 bits per heavy atom. The molecule has 0 heterocycles. The Balaban J connectivity index is 1.29. The van der Waals surface area contributed by atoms with Gasteiger partial charge in [0, 0.05) is 12.0 Å². The van der Waals surface area contributed by atoms with E-state index in [-0.39, 0.29) is 28.7 Å². The maximum atomic E-state index is 12.6. The first-order valence-electron chi connectivity index (χ1n) is 9.49. The molecule has 2 unspecified atom stereocenters. The van der Waals surface area contributed by atoms with E-state index >= 15 is 0 Å². The second-order valence-corrected chi connectivity index (χ2v) is 9.32. The van der Waals surface area contributed by atoms with Gasteiger partial charge in [0.1, 0.15) is 0 Å². The van der Waals surface area contributed by atoms with Gasteiger partial charge in [-0.15, -0.1) is 0 Å². The summed E-state index contributed by atoms with van der Waals surface area (Å²) in [7, 11) is -3.53. The molecule has 0 radical (unpaired) electrons. The summed E-state index contributed by atoms with van der Waals surface area (Å²) in [5, 5.41) is 0. The summed E-state index contributed by atoms with van der Waals surface area (Å²) in [6.45, 7) is 0. The standard InChI is InChI=1S/C20H20F3N3O3S/c21-20(22,23)13-3-1-12(2-4-13)17-11-18(17)19(27)25-24-14-7-9-16(10-8-14)30(28,29)26-15-5-6-15/h1-4,7-10,15,17-18,24,26H,5-6,11H2,(H,25,27). The molecule has 2 fully saturated rings. The lowest BCUT2D eigenvalue weighted by Crippen LogP contribution is -2.31. The molecule has 1 amide bonds. The lowest BCUT2D eigenvalue weighted by Gasteiger charge is -2.10.